The maximum atomic E-state index is 11.1. The lowest BCUT2D eigenvalue weighted by Gasteiger charge is -2.32. The number of fused-ring (bicyclic) bond motifs is 1. The molecule has 0 amide bonds. The van der Waals surface area contributed by atoms with Crippen molar-refractivity contribution in [2.24, 2.45) is 0 Å². The first kappa shape index (κ1) is 19.0. The average molecular weight is 370 g/mol. The molecule has 2 aromatic rings. The molecule has 0 atom stereocenters. The molecular formula is C20H23BO4S. The number of rotatable bonds is 4. The van der Waals surface area contributed by atoms with Gasteiger partial charge in [0.25, 0.3) is 0 Å². The number of carboxylic acid groups (broad SMARTS) is 1. The molecule has 1 saturated heterocycles. The second kappa shape index (κ2) is 6.76. The summed E-state index contributed by atoms with van der Waals surface area (Å²) in [5.41, 5.74) is 1.45. The molecule has 1 aliphatic heterocycles. The quantitative estimate of drug-likeness (QED) is 0.615. The number of aromatic carboxylic acids is 1. The van der Waals surface area contributed by atoms with Crippen LogP contribution in [0.5, 0.6) is 0 Å². The van der Waals surface area contributed by atoms with Crippen LogP contribution in [0.2, 0.25) is 0 Å². The lowest BCUT2D eigenvalue weighted by Crippen LogP contribution is -2.41. The molecule has 1 heterocycles. The van der Waals surface area contributed by atoms with Crippen LogP contribution in [0.25, 0.3) is 16.8 Å². The minimum Gasteiger partial charge on any atom is -0.478 e. The van der Waals surface area contributed by atoms with E-state index in [1.807, 2.05) is 58.0 Å². The van der Waals surface area contributed by atoms with Crippen molar-refractivity contribution in [2.45, 2.75) is 38.9 Å². The predicted molar refractivity (Wildman–Crippen MR) is 109 cm³/mol. The molecule has 0 saturated carbocycles. The Labute approximate surface area is 159 Å². The highest BCUT2D eigenvalue weighted by molar-refractivity contribution is 7.80. The Bertz CT molecular complexity index is 873. The zero-order valence-electron chi connectivity index (χ0n) is 15.4. The first-order chi connectivity index (χ1) is 12.1. The van der Waals surface area contributed by atoms with E-state index >= 15 is 0 Å². The Hall–Kier alpha value is -1.76. The van der Waals surface area contributed by atoms with Gasteiger partial charge in [0, 0.05) is 5.75 Å². The van der Waals surface area contributed by atoms with Gasteiger partial charge in [0.15, 0.2) is 0 Å². The highest BCUT2D eigenvalue weighted by Gasteiger charge is 2.52. The molecule has 3 rings (SSSR count). The number of carbonyl (C=O) groups is 1. The topological polar surface area (TPSA) is 55.8 Å². The fraction of sp³-hybridized carbons (Fsp3) is 0.350. The van der Waals surface area contributed by atoms with Crippen molar-refractivity contribution in [1.29, 1.82) is 0 Å². The van der Waals surface area contributed by atoms with Crippen molar-refractivity contribution in [3.8, 4) is 0 Å². The fourth-order valence-corrected chi connectivity index (χ4v) is 3.12. The van der Waals surface area contributed by atoms with Gasteiger partial charge in [-0.2, -0.15) is 12.6 Å². The first-order valence-electron chi connectivity index (χ1n) is 8.57. The zero-order chi connectivity index (χ0) is 19.1. The zero-order valence-corrected chi connectivity index (χ0v) is 16.3. The molecule has 0 bridgehead atoms. The predicted octanol–water partition coefficient (Wildman–Crippen LogP) is 4.48. The van der Waals surface area contributed by atoms with Gasteiger partial charge >= 0.3 is 13.1 Å². The maximum Gasteiger partial charge on any atom is 0.491 e. The second-order valence-electron chi connectivity index (χ2n) is 7.59. The summed E-state index contributed by atoms with van der Waals surface area (Å²) in [6, 6.07) is 11.0. The number of thiol groups is 1. The average Bonchev–Trinajstić information content (AvgIpc) is 2.79. The lowest BCUT2D eigenvalue weighted by atomic mass is 9.78. The molecule has 4 nitrogen and oxygen atoms in total. The van der Waals surface area contributed by atoms with Crippen molar-refractivity contribution in [3.05, 3.63) is 53.0 Å². The molecule has 0 spiro atoms. The fourth-order valence-electron chi connectivity index (χ4n) is 2.88. The van der Waals surface area contributed by atoms with E-state index in [9.17, 15) is 4.79 Å². The third-order valence-electron chi connectivity index (χ3n) is 5.20. The summed E-state index contributed by atoms with van der Waals surface area (Å²) >= 11 is 4.45. The minimum absolute atomic E-state index is 0.286. The van der Waals surface area contributed by atoms with Crippen LogP contribution in [-0.2, 0) is 9.31 Å². The monoisotopic (exact) mass is 370 g/mol. The number of benzene rings is 2. The third-order valence-corrected chi connectivity index (χ3v) is 5.57. The summed E-state index contributed by atoms with van der Waals surface area (Å²) in [5, 5.41) is 11.0. The Morgan fingerprint density at radius 1 is 1.08 bits per heavy atom. The van der Waals surface area contributed by atoms with E-state index in [4.69, 9.17) is 14.4 Å². The summed E-state index contributed by atoms with van der Waals surface area (Å²) in [4.78, 5) is 11.1. The van der Waals surface area contributed by atoms with Gasteiger partial charge in [-0.1, -0.05) is 24.3 Å². The third kappa shape index (κ3) is 3.54. The highest BCUT2D eigenvalue weighted by Crippen LogP contribution is 2.39. The SMILES string of the molecule is CC1(C)OB(C(=Cc2ccc3cc(C(=O)O)ccc3c2)CS)OC1(C)C. The maximum absolute atomic E-state index is 11.1. The van der Waals surface area contributed by atoms with Gasteiger partial charge in [-0.25, -0.2) is 4.79 Å². The normalized spacial score (nSPS) is 19.1. The Kier molecular flexibility index (Phi) is 4.95. The Balaban J connectivity index is 1.92. The molecule has 136 valence electrons. The van der Waals surface area contributed by atoms with Crippen LogP contribution in [0.4, 0.5) is 0 Å². The van der Waals surface area contributed by atoms with Gasteiger partial charge in [0.05, 0.1) is 16.8 Å². The molecule has 1 N–H and O–H groups in total. The van der Waals surface area contributed by atoms with E-state index in [0.29, 0.717) is 5.75 Å². The summed E-state index contributed by atoms with van der Waals surface area (Å²) in [6.45, 7) is 8.11. The molecule has 0 aliphatic carbocycles. The van der Waals surface area contributed by atoms with Gasteiger partial charge in [-0.3, -0.25) is 0 Å². The van der Waals surface area contributed by atoms with Gasteiger partial charge in [0.1, 0.15) is 0 Å². The van der Waals surface area contributed by atoms with Crippen LogP contribution in [0.1, 0.15) is 43.6 Å². The minimum atomic E-state index is -0.922. The Morgan fingerprint density at radius 3 is 2.23 bits per heavy atom. The Morgan fingerprint density at radius 2 is 1.65 bits per heavy atom. The van der Waals surface area contributed by atoms with Crippen LogP contribution in [0.15, 0.2) is 41.9 Å². The van der Waals surface area contributed by atoms with Crippen LogP contribution in [0.3, 0.4) is 0 Å². The summed E-state index contributed by atoms with van der Waals surface area (Å²) in [7, 11) is -0.428. The van der Waals surface area contributed by atoms with Crippen LogP contribution in [0, 0.1) is 0 Å². The molecule has 0 aromatic heterocycles. The van der Waals surface area contributed by atoms with Crippen LogP contribution < -0.4 is 0 Å². The van der Waals surface area contributed by atoms with Crippen LogP contribution in [-0.4, -0.2) is 35.1 Å². The molecule has 1 fully saturated rings. The molecular weight excluding hydrogens is 347 g/mol. The van der Waals surface area contributed by atoms with Gasteiger partial charge in [-0.15, -0.1) is 0 Å². The van der Waals surface area contributed by atoms with Gasteiger partial charge in [0.2, 0.25) is 0 Å². The molecule has 0 unspecified atom stereocenters. The summed E-state index contributed by atoms with van der Waals surface area (Å²) in [6.07, 6.45) is 2.03. The van der Waals surface area contributed by atoms with E-state index < -0.39 is 24.3 Å². The summed E-state index contributed by atoms with van der Waals surface area (Å²) in [5.74, 6) is -0.402. The number of hydrogen-bond acceptors (Lipinski definition) is 4. The van der Waals surface area contributed by atoms with Crippen molar-refractivity contribution in [1.82, 2.24) is 0 Å². The number of carboxylic acids is 1. The largest absolute Gasteiger partial charge is 0.491 e. The second-order valence-corrected chi connectivity index (χ2v) is 7.91. The standard InChI is InChI=1S/C20H23BO4S/c1-19(2)20(3,4)25-21(24-19)17(12-26)10-13-5-6-15-11-16(18(22)23)8-7-14(15)9-13/h5-11,26H,12H2,1-4H3,(H,22,23). The first-order valence-corrected chi connectivity index (χ1v) is 9.20. The van der Waals surface area contributed by atoms with Crippen molar-refractivity contribution in [2.75, 3.05) is 5.75 Å². The van der Waals surface area contributed by atoms with E-state index in [2.05, 4.69) is 12.6 Å². The molecule has 0 radical (unpaired) electrons. The molecule has 2 aromatic carbocycles. The van der Waals surface area contributed by atoms with Gasteiger partial charge in [-0.05, 0) is 67.7 Å². The van der Waals surface area contributed by atoms with Gasteiger partial charge < -0.3 is 14.4 Å². The van der Waals surface area contributed by atoms with E-state index in [0.717, 1.165) is 21.8 Å². The van der Waals surface area contributed by atoms with E-state index in [1.165, 1.54) is 0 Å². The smallest absolute Gasteiger partial charge is 0.478 e. The highest BCUT2D eigenvalue weighted by atomic mass is 32.1. The van der Waals surface area contributed by atoms with Crippen LogP contribution >= 0.6 is 12.6 Å². The van der Waals surface area contributed by atoms with E-state index in [1.54, 1.807) is 12.1 Å². The molecule has 26 heavy (non-hydrogen) atoms. The van der Waals surface area contributed by atoms with E-state index in [-0.39, 0.29) is 5.56 Å². The molecule has 6 heteroatoms. The number of hydrogen-bond donors (Lipinski definition) is 2. The van der Waals surface area contributed by atoms with Crippen molar-refractivity contribution < 1.29 is 19.2 Å². The lowest BCUT2D eigenvalue weighted by molar-refractivity contribution is 0.00578. The molecule has 1 aliphatic rings. The summed E-state index contributed by atoms with van der Waals surface area (Å²) < 4.78 is 12.2. The van der Waals surface area contributed by atoms with Crippen molar-refractivity contribution in [3.63, 3.8) is 0 Å². The van der Waals surface area contributed by atoms with Crippen molar-refractivity contribution >= 4 is 42.6 Å².